The Bertz CT molecular complexity index is 1110. The van der Waals surface area contributed by atoms with E-state index in [-0.39, 0.29) is 17.9 Å². The number of hydrogen-bond acceptors (Lipinski definition) is 4. The van der Waals surface area contributed by atoms with Gasteiger partial charge in [0.2, 0.25) is 5.91 Å². The lowest BCUT2D eigenvalue weighted by Crippen LogP contribution is -2.31. The molecule has 32 heavy (non-hydrogen) atoms. The number of benzene rings is 2. The molecule has 2 aromatic carbocycles. The summed E-state index contributed by atoms with van der Waals surface area (Å²) in [6, 6.07) is 15.3. The molecule has 1 unspecified atom stereocenters. The van der Waals surface area contributed by atoms with Gasteiger partial charge in [0.1, 0.15) is 5.82 Å². The van der Waals surface area contributed by atoms with Crippen molar-refractivity contribution in [3.63, 3.8) is 0 Å². The van der Waals surface area contributed by atoms with Gasteiger partial charge in [-0.3, -0.25) is 9.59 Å². The second-order valence-electron chi connectivity index (χ2n) is 8.16. The summed E-state index contributed by atoms with van der Waals surface area (Å²) < 4.78 is 7.26. The Labute approximate surface area is 187 Å². The topological polar surface area (TPSA) is 85.2 Å². The number of hydrogen-bond donors (Lipinski definition) is 2. The molecule has 1 saturated heterocycles. The molecular formula is C25H28N4O3. The van der Waals surface area contributed by atoms with Crippen molar-refractivity contribution in [3.8, 4) is 16.8 Å². The monoisotopic (exact) mass is 432 g/mol. The molecule has 166 valence electrons. The molecule has 0 saturated carbocycles. The van der Waals surface area contributed by atoms with Gasteiger partial charge in [-0.15, -0.1) is 0 Å². The zero-order chi connectivity index (χ0) is 22.7. The minimum atomic E-state index is -0.176. The van der Waals surface area contributed by atoms with Crippen LogP contribution in [0.15, 0.2) is 48.5 Å². The normalized spacial score (nSPS) is 15.5. The molecule has 0 bridgehead atoms. The molecule has 1 atom stereocenters. The van der Waals surface area contributed by atoms with Crippen LogP contribution >= 0.6 is 0 Å². The van der Waals surface area contributed by atoms with Gasteiger partial charge in [0.15, 0.2) is 0 Å². The number of aromatic nitrogens is 2. The van der Waals surface area contributed by atoms with Crippen LogP contribution in [0.25, 0.3) is 16.8 Å². The van der Waals surface area contributed by atoms with E-state index in [1.807, 2.05) is 50.2 Å². The van der Waals surface area contributed by atoms with Gasteiger partial charge in [-0.2, -0.15) is 5.10 Å². The van der Waals surface area contributed by atoms with E-state index in [1.54, 1.807) is 16.8 Å². The van der Waals surface area contributed by atoms with Crippen molar-refractivity contribution in [2.24, 2.45) is 0 Å². The first-order valence-electron chi connectivity index (χ1n) is 10.9. The summed E-state index contributed by atoms with van der Waals surface area (Å²) in [6.45, 7) is 6.72. The number of rotatable bonds is 6. The van der Waals surface area contributed by atoms with Crippen molar-refractivity contribution in [2.45, 2.75) is 39.7 Å². The maximum Gasteiger partial charge on any atom is 0.251 e. The predicted octanol–water partition coefficient (Wildman–Crippen LogP) is 4.02. The van der Waals surface area contributed by atoms with Crippen molar-refractivity contribution in [1.29, 1.82) is 0 Å². The second-order valence-corrected chi connectivity index (χ2v) is 8.16. The van der Waals surface area contributed by atoms with Gasteiger partial charge in [0.05, 0.1) is 17.5 Å². The Morgan fingerprint density at radius 2 is 1.81 bits per heavy atom. The Morgan fingerprint density at radius 3 is 2.44 bits per heavy atom. The lowest BCUT2D eigenvalue weighted by Gasteiger charge is -2.12. The van der Waals surface area contributed by atoms with Crippen LogP contribution < -0.4 is 10.6 Å². The maximum absolute atomic E-state index is 12.5. The van der Waals surface area contributed by atoms with E-state index in [0.29, 0.717) is 17.9 Å². The zero-order valence-electron chi connectivity index (χ0n) is 18.6. The van der Waals surface area contributed by atoms with Crippen molar-refractivity contribution in [1.82, 2.24) is 15.1 Å². The maximum atomic E-state index is 12.5. The van der Waals surface area contributed by atoms with Crippen molar-refractivity contribution < 1.29 is 14.3 Å². The molecule has 2 heterocycles. The minimum Gasteiger partial charge on any atom is -0.376 e. The van der Waals surface area contributed by atoms with E-state index in [2.05, 4.69) is 15.7 Å². The molecule has 4 rings (SSSR count). The number of amides is 2. The smallest absolute Gasteiger partial charge is 0.251 e. The summed E-state index contributed by atoms with van der Waals surface area (Å²) in [5, 5.41) is 10.5. The number of nitrogens with one attached hydrogen (secondary N) is 2. The van der Waals surface area contributed by atoms with Crippen molar-refractivity contribution in [2.75, 3.05) is 18.5 Å². The van der Waals surface area contributed by atoms with E-state index < -0.39 is 0 Å². The molecule has 0 radical (unpaired) electrons. The SMILES string of the molecule is CC(=O)Nc1c(-c2ccc(C)cc2)c(C)nn1-c1ccc(C(=O)NCC2CCCO2)cc1. The molecule has 3 aromatic rings. The highest BCUT2D eigenvalue weighted by atomic mass is 16.5. The Balaban J connectivity index is 1.61. The van der Waals surface area contributed by atoms with Gasteiger partial charge < -0.3 is 15.4 Å². The fraction of sp³-hybridized carbons (Fsp3) is 0.320. The second kappa shape index (κ2) is 9.36. The summed E-state index contributed by atoms with van der Waals surface area (Å²) >= 11 is 0. The van der Waals surface area contributed by atoms with Crippen LogP contribution in [0.5, 0.6) is 0 Å². The Hall–Kier alpha value is -3.45. The highest BCUT2D eigenvalue weighted by Gasteiger charge is 2.20. The third kappa shape index (κ3) is 4.73. The molecule has 2 N–H and O–H groups in total. The van der Waals surface area contributed by atoms with E-state index in [0.717, 1.165) is 47.5 Å². The van der Waals surface area contributed by atoms with Gasteiger partial charge in [-0.05, 0) is 56.5 Å². The van der Waals surface area contributed by atoms with Gasteiger partial charge in [-0.25, -0.2) is 4.68 Å². The van der Waals surface area contributed by atoms with Gasteiger partial charge in [0.25, 0.3) is 5.91 Å². The number of carbonyl (C=O) groups excluding carboxylic acids is 2. The number of ether oxygens (including phenoxy) is 1. The molecule has 1 fully saturated rings. The van der Waals surface area contributed by atoms with Crippen molar-refractivity contribution >= 4 is 17.6 Å². The standard InChI is InChI=1S/C25H28N4O3/c1-16-6-8-19(9-7-16)23-17(2)28-29(24(23)27-18(3)30)21-12-10-20(11-13-21)25(31)26-15-22-5-4-14-32-22/h6-13,22H,4-5,14-15H2,1-3H3,(H,26,31)(H,27,30). The fourth-order valence-corrected chi connectivity index (χ4v) is 3.93. The lowest BCUT2D eigenvalue weighted by atomic mass is 10.0. The highest BCUT2D eigenvalue weighted by molar-refractivity contribution is 5.95. The minimum absolute atomic E-state index is 0.102. The van der Waals surface area contributed by atoms with Crippen LogP contribution in [0.1, 0.15) is 41.4 Å². The van der Waals surface area contributed by atoms with Crippen LogP contribution in [-0.4, -0.2) is 40.9 Å². The van der Waals surface area contributed by atoms with Crippen molar-refractivity contribution in [3.05, 3.63) is 65.4 Å². The van der Waals surface area contributed by atoms with E-state index in [9.17, 15) is 9.59 Å². The predicted molar refractivity (Wildman–Crippen MR) is 124 cm³/mol. The summed E-state index contributed by atoms with van der Waals surface area (Å²) in [7, 11) is 0. The molecule has 1 aliphatic heterocycles. The third-order valence-electron chi connectivity index (χ3n) is 5.58. The number of aryl methyl sites for hydroxylation is 2. The van der Waals surface area contributed by atoms with Crippen LogP contribution in [0.4, 0.5) is 5.82 Å². The lowest BCUT2D eigenvalue weighted by molar-refractivity contribution is -0.114. The highest BCUT2D eigenvalue weighted by Crippen LogP contribution is 2.33. The Morgan fingerprint density at radius 1 is 1.09 bits per heavy atom. The molecular weight excluding hydrogens is 404 g/mol. The number of carbonyl (C=O) groups is 2. The van der Waals surface area contributed by atoms with Crippen LogP contribution in [-0.2, 0) is 9.53 Å². The first kappa shape index (κ1) is 21.8. The average Bonchev–Trinajstić information content (AvgIpc) is 3.41. The molecule has 0 aliphatic carbocycles. The van der Waals surface area contributed by atoms with Gasteiger partial charge in [-0.1, -0.05) is 29.8 Å². The summed E-state index contributed by atoms with van der Waals surface area (Å²) in [4.78, 5) is 24.4. The largest absolute Gasteiger partial charge is 0.376 e. The summed E-state index contributed by atoms with van der Waals surface area (Å²) in [5.74, 6) is 0.296. The first-order chi connectivity index (χ1) is 15.4. The average molecular weight is 433 g/mol. The molecule has 1 aliphatic rings. The number of anilines is 1. The molecule has 2 amide bonds. The zero-order valence-corrected chi connectivity index (χ0v) is 18.6. The van der Waals surface area contributed by atoms with E-state index >= 15 is 0 Å². The molecule has 1 aromatic heterocycles. The molecule has 0 spiro atoms. The van der Waals surface area contributed by atoms with Gasteiger partial charge in [0, 0.05) is 31.2 Å². The van der Waals surface area contributed by atoms with Crippen LogP contribution in [0.2, 0.25) is 0 Å². The summed E-state index contributed by atoms with van der Waals surface area (Å²) in [5.41, 5.74) is 5.14. The Kier molecular flexibility index (Phi) is 6.37. The van der Waals surface area contributed by atoms with Crippen LogP contribution in [0, 0.1) is 13.8 Å². The van der Waals surface area contributed by atoms with E-state index in [4.69, 9.17) is 4.74 Å². The third-order valence-corrected chi connectivity index (χ3v) is 5.58. The number of nitrogens with zero attached hydrogens (tertiary/aromatic N) is 2. The summed E-state index contributed by atoms with van der Waals surface area (Å²) in [6.07, 6.45) is 2.12. The van der Waals surface area contributed by atoms with Gasteiger partial charge >= 0.3 is 0 Å². The van der Waals surface area contributed by atoms with Crippen LogP contribution in [0.3, 0.4) is 0 Å². The van der Waals surface area contributed by atoms with E-state index in [1.165, 1.54) is 6.92 Å². The molecule has 7 nitrogen and oxygen atoms in total. The fourth-order valence-electron chi connectivity index (χ4n) is 3.93. The first-order valence-corrected chi connectivity index (χ1v) is 10.9. The molecule has 7 heteroatoms. The quantitative estimate of drug-likeness (QED) is 0.616.